The second-order valence-electron chi connectivity index (χ2n) is 5.60. The lowest BCUT2D eigenvalue weighted by atomic mass is 10.2. The number of rotatable bonds is 5. The monoisotopic (exact) mass is 388 g/mol. The molecule has 0 aliphatic carbocycles. The molecule has 1 aromatic carbocycles. The van der Waals surface area contributed by atoms with Gasteiger partial charge in [-0.2, -0.15) is 0 Å². The van der Waals surface area contributed by atoms with Crippen LogP contribution in [0.5, 0.6) is 11.5 Å². The molecular weight excluding hydrogens is 372 g/mol. The van der Waals surface area contributed by atoms with E-state index in [2.05, 4.69) is 10.6 Å². The van der Waals surface area contributed by atoms with Gasteiger partial charge in [0.25, 0.3) is 0 Å². The molecule has 0 radical (unpaired) electrons. The van der Waals surface area contributed by atoms with E-state index in [9.17, 15) is 9.90 Å². The third-order valence-corrected chi connectivity index (χ3v) is 6.06. The molecule has 0 unspecified atom stereocenters. The number of anilines is 1. The third-order valence-electron chi connectivity index (χ3n) is 3.81. The molecule has 1 aliphatic rings. The number of carbonyl (C=O) groups is 1. The van der Waals surface area contributed by atoms with Gasteiger partial charge in [0.15, 0.2) is 11.5 Å². The number of carbonyl (C=O) groups excluding carboxylic acids is 1. The Morgan fingerprint density at radius 1 is 1.15 bits per heavy atom. The van der Waals surface area contributed by atoms with Crippen LogP contribution < -0.4 is 20.1 Å². The zero-order chi connectivity index (χ0) is 17.9. The Morgan fingerprint density at radius 2 is 2.04 bits per heavy atom. The molecule has 0 spiro atoms. The standard InChI is InChI=1S/C18H16N2O4S2/c21-12(15-5-6-17(26-15)16-2-1-7-25-16)9-19-18(22)20-11-3-4-13-14(8-11)24-10-23-13/h1-8,12,21H,9-10H2,(H2,19,20,22)/t12-/m0/s1. The number of thiophene rings is 2. The van der Waals surface area contributed by atoms with Crippen LogP contribution >= 0.6 is 22.7 Å². The van der Waals surface area contributed by atoms with Crippen LogP contribution in [0, 0.1) is 0 Å². The van der Waals surface area contributed by atoms with E-state index in [1.165, 1.54) is 16.2 Å². The summed E-state index contributed by atoms with van der Waals surface area (Å²) in [6.45, 7) is 0.312. The van der Waals surface area contributed by atoms with E-state index in [1.54, 1.807) is 29.5 Å². The SMILES string of the molecule is O=C(NC[C@H](O)c1ccc(-c2cccs2)s1)Nc1ccc2c(c1)OCO2. The second kappa shape index (κ2) is 7.36. The maximum absolute atomic E-state index is 12.0. The lowest BCUT2D eigenvalue weighted by Gasteiger charge is -2.11. The fourth-order valence-electron chi connectivity index (χ4n) is 2.52. The molecule has 6 nitrogen and oxygen atoms in total. The van der Waals surface area contributed by atoms with Gasteiger partial charge in [-0.15, -0.1) is 22.7 Å². The van der Waals surface area contributed by atoms with Crippen molar-refractivity contribution < 1.29 is 19.4 Å². The maximum atomic E-state index is 12.0. The van der Waals surface area contributed by atoms with Gasteiger partial charge in [-0.25, -0.2) is 4.79 Å². The Labute approximate surface area is 158 Å². The number of aliphatic hydroxyl groups is 1. The van der Waals surface area contributed by atoms with Crippen LogP contribution in [0.25, 0.3) is 9.75 Å². The molecule has 0 bridgehead atoms. The Bertz CT molecular complexity index is 908. The summed E-state index contributed by atoms with van der Waals surface area (Å²) in [5.41, 5.74) is 0.595. The predicted molar refractivity (Wildman–Crippen MR) is 102 cm³/mol. The zero-order valence-electron chi connectivity index (χ0n) is 13.6. The number of amides is 2. The van der Waals surface area contributed by atoms with Crippen molar-refractivity contribution in [2.45, 2.75) is 6.10 Å². The average Bonchev–Trinajstić information content (AvgIpc) is 3.39. The first-order chi connectivity index (χ1) is 12.7. The summed E-state index contributed by atoms with van der Waals surface area (Å²) in [5.74, 6) is 1.26. The molecule has 1 atom stereocenters. The van der Waals surface area contributed by atoms with E-state index in [1.807, 2.05) is 29.6 Å². The molecule has 3 heterocycles. The lowest BCUT2D eigenvalue weighted by Crippen LogP contribution is -2.32. The number of hydrogen-bond donors (Lipinski definition) is 3. The zero-order valence-corrected chi connectivity index (χ0v) is 15.2. The molecule has 3 aromatic rings. The summed E-state index contributed by atoms with van der Waals surface area (Å²) < 4.78 is 10.5. The van der Waals surface area contributed by atoms with Crippen LogP contribution in [-0.2, 0) is 0 Å². The highest BCUT2D eigenvalue weighted by molar-refractivity contribution is 7.21. The second-order valence-corrected chi connectivity index (χ2v) is 7.66. The van der Waals surface area contributed by atoms with Gasteiger partial charge >= 0.3 is 6.03 Å². The van der Waals surface area contributed by atoms with E-state index in [0.717, 1.165) is 9.75 Å². The van der Waals surface area contributed by atoms with Crippen LogP contribution in [0.3, 0.4) is 0 Å². The number of aliphatic hydroxyl groups excluding tert-OH is 1. The first-order valence-corrected chi connectivity index (χ1v) is 9.65. The summed E-state index contributed by atoms with van der Waals surface area (Å²) in [4.78, 5) is 15.1. The van der Waals surface area contributed by atoms with Gasteiger partial charge in [-0.1, -0.05) is 6.07 Å². The molecule has 1 aliphatic heterocycles. The first-order valence-electron chi connectivity index (χ1n) is 7.95. The van der Waals surface area contributed by atoms with E-state index in [-0.39, 0.29) is 13.3 Å². The fraction of sp³-hybridized carbons (Fsp3) is 0.167. The van der Waals surface area contributed by atoms with Crippen molar-refractivity contribution in [3.63, 3.8) is 0 Å². The molecule has 134 valence electrons. The number of fused-ring (bicyclic) bond motifs is 1. The quantitative estimate of drug-likeness (QED) is 0.616. The Kier molecular flexibility index (Phi) is 4.79. The Hall–Kier alpha value is -2.55. The topological polar surface area (TPSA) is 79.8 Å². The molecule has 26 heavy (non-hydrogen) atoms. The number of nitrogens with one attached hydrogen (secondary N) is 2. The van der Waals surface area contributed by atoms with Gasteiger partial charge in [0.2, 0.25) is 6.79 Å². The van der Waals surface area contributed by atoms with Crippen molar-refractivity contribution in [1.29, 1.82) is 0 Å². The van der Waals surface area contributed by atoms with Gasteiger partial charge in [-0.05, 0) is 35.7 Å². The van der Waals surface area contributed by atoms with E-state index in [0.29, 0.717) is 17.2 Å². The highest BCUT2D eigenvalue weighted by Gasteiger charge is 2.16. The average molecular weight is 388 g/mol. The van der Waals surface area contributed by atoms with Crippen molar-refractivity contribution in [2.24, 2.45) is 0 Å². The number of ether oxygens (including phenoxy) is 2. The van der Waals surface area contributed by atoms with E-state index >= 15 is 0 Å². The number of urea groups is 1. The molecule has 4 rings (SSSR count). The maximum Gasteiger partial charge on any atom is 0.319 e. The van der Waals surface area contributed by atoms with Crippen LogP contribution in [0.1, 0.15) is 11.0 Å². The molecule has 0 saturated heterocycles. The molecule has 2 amide bonds. The van der Waals surface area contributed by atoms with Crippen molar-refractivity contribution >= 4 is 34.4 Å². The van der Waals surface area contributed by atoms with Crippen LogP contribution in [0.2, 0.25) is 0 Å². The summed E-state index contributed by atoms with van der Waals surface area (Å²) >= 11 is 3.18. The summed E-state index contributed by atoms with van der Waals surface area (Å²) in [6, 6.07) is 12.7. The molecule has 0 fully saturated rings. The number of hydrogen-bond acceptors (Lipinski definition) is 6. The minimum Gasteiger partial charge on any atom is -0.454 e. The lowest BCUT2D eigenvalue weighted by molar-refractivity contribution is 0.174. The fourth-order valence-corrected chi connectivity index (χ4v) is 4.35. The van der Waals surface area contributed by atoms with Gasteiger partial charge in [0.05, 0.1) is 6.54 Å². The largest absolute Gasteiger partial charge is 0.454 e. The van der Waals surface area contributed by atoms with E-state index in [4.69, 9.17) is 9.47 Å². The molecular formula is C18H16N2O4S2. The van der Waals surface area contributed by atoms with E-state index < -0.39 is 12.1 Å². The van der Waals surface area contributed by atoms with Gasteiger partial charge in [0, 0.05) is 26.4 Å². The predicted octanol–water partition coefficient (Wildman–Crippen LogP) is 4.06. The van der Waals surface area contributed by atoms with Crippen LogP contribution in [-0.4, -0.2) is 24.5 Å². The first kappa shape index (κ1) is 16.9. The van der Waals surface area contributed by atoms with Gasteiger partial charge in [-0.3, -0.25) is 0 Å². The summed E-state index contributed by atoms with van der Waals surface area (Å²) in [6.07, 6.45) is -0.754. The van der Waals surface area contributed by atoms with Crippen LogP contribution in [0.4, 0.5) is 10.5 Å². The van der Waals surface area contributed by atoms with Crippen molar-refractivity contribution in [3.05, 3.63) is 52.7 Å². The third kappa shape index (κ3) is 3.67. The van der Waals surface area contributed by atoms with Gasteiger partial charge < -0.3 is 25.2 Å². The highest BCUT2D eigenvalue weighted by Crippen LogP contribution is 2.35. The minimum atomic E-state index is -0.754. The van der Waals surface area contributed by atoms with Crippen LogP contribution in [0.15, 0.2) is 47.8 Å². The minimum absolute atomic E-state index is 0.126. The van der Waals surface area contributed by atoms with Gasteiger partial charge in [0.1, 0.15) is 6.10 Å². The van der Waals surface area contributed by atoms with Crippen molar-refractivity contribution in [2.75, 3.05) is 18.7 Å². The van der Waals surface area contributed by atoms with Crippen molar-refractivity contribution in [1.82, 2.24) is 5.32 Å². The molecule has 8 heteroatoms. The number of benzene rings is 1. The normalized spacial score (nSPS) is 13.4. The Morgan fingerprint density at radius 3 is 2.88 bits per heavy atom. The highest BCUT2D eigenvalue weighted by atomic mass is 32.1. The molecule has 3 N–H and O–H groups in total. The molecule has 2 aromatic heterocycles. The smallest absolute Gasteiger partial charge is 0.319 e. The Balaban J connectivity index is 1.31. The molecule has 0 saturated carbocycles. The van der Waals surface area contributed by atoms with Crippen molar-refractivity contribution in [3.8, 4) is 21.3 Å². The summed E-state index contributed by atoms with van der Waals surface area (Å²) in [7, 11) is 0. The summed E-state index contributed by atoms with van der Waals surface area (Å²) in [5, 5.41) is 17.7.